The van der Waals surface area contributed by atoms with Gasteiger partial charge in [-0.2, -0.15) is 0 Å². The molecule has 2 unspecified atom stereocenters. The van der Waals surface area contributed by atoms with Crippen LogP contribution in [-0.2, 0) is 20.6 Å². The van der Waals surface area contributed by atoms with Crippen LogP contribution in [0, 0.1) is 0 Å². The molecule has 4 amide bonds. The zero-order valence-electron chi connectivity index (χ0n) is 46.1. The maximum atomic E-state index is 13.1. The fourth-order valence-corrected chi connectivity index (χ4v) is 11.3. The summed E-state index contributed by atoms with van der Waals surface area (Å²) in [5, 5.41) is 8.28. The van der Waals surface area contributed by atoms with E-state index in [9.17, 15) is 19.2 Å². The molecule has 436 valence electrons. The van der Waals surface area contributed by atoms with E-state index in [1.54, 1.807) is 9.80 Å². The molecule has 2 saturated heterocycles. The molecule has 6 aromatic rings. The van der Waals surface area contributed by atoms with E-state index in [0.717, 1.165) is 100 Å². The summed E-state index contributed by atoms with van der Waals surface area (Å²) in [6.07, 6.45) is 3.94. The SMILES string of the molecule is COC(=O)NC1(c2ccccc2)CCN(CCC(CN(C)C(=O)c2ccccc2)c2ccc(Cl)c(Cl)c2)CC1.COC(=O)NC1(c2ccccc2)CCN(CCC(CN(C)C(=O)c2ccccc2)c2ccc(Cl)c(Cl)c2)CC1.Cl.Cl.O. The first-order chi connectivity index (χ1) is 37.6. The number of alkyl carbamates (subject to hydrolysis) is 2. The van der Waals surface area contributed by atoms with Crippen LogP contribution in [0.4, 0.5) is 9.59 Å². The average molecular weight is 1230 g/mol. The lowest BCUT2D eigenvalue weighted by Gasteiger charge is -2.42. The summed E-state index contributed by atoms with van der Waals surface area (Å²) in [5.74, 6) is 0.123. The minimum atomic E-state index is -0.462. The fraction of sp³-hybridized carbons (Fsp3) is 0.355. The van der Waals surface area contributed by atoms with Gasteiger partial charge in [0, 0.05) is 76.3 Å². The van der Waals surface area contributed by atoms with Crippen LogP contribution in [0.1, 0.15) is 93.3 Å². The molecule has 2 aliphatic heterocycles. The molecule has 0 aromatic heterocycles. The molecule has 13 nitrogen and oxygen atoms in total. The smallest absolute Gasteiger partial charge is 0.407 e. The molecule has 2 atom stereocenters. The van der Waals surface area contributed by atoms with Crippen molar-refractivity contribution >= 4 is 95.2 Å². The molecule has 8 rings (SSSR count). The van der Waals surface area contributed by atoms with Gasteiger partial charge in [0.25, 0.3) is 11.8 Å². The summed E-state index contributed by atoms with van der Waals surface area (Å²) in [4.78, 5) is 59.0. The van der Waals surface area contributed by atoms with Crippen LogP contribution in [0.3, 0.4) is 0 Å². The first kappa shape index (κ1) is 67.9. The summed E-state index contributed by atoms with van der Waals surface area (Å²) in [6.45, 7) is 6.10. The van der Waals surface area contributed by atoms with Crippen molar-refractivity contribution < 1.29 is 34.1 Å². The lowest BCUT2D eigenvalue weighted by molar-refractivity contribution is 0.0771. The van der Waals surface area contributed by atoms with Crippen LogP contribution in [-0.4, -0.2) is 130 Å². The van der Waals surface area contributed by atoms with Gasteiger partial charge >= 0.3 is 12.2 Å². The number of nitrogens with one attached hydrogen (secondary N) is 2. The summed E-state index contributed by atoms with van der Waals surface area (Å²) in [7, 11) is 6.47. The molecule has 6 aromatic carbocycles. The molecule has 0 saturated carbocycles. The molecular formula is C62H74Cl6N6O7. The van der Waals surface area contributed by atoms with E-state index in [1.807, 2.05) is 148 Å². The molecule has 2 aliphatic rings. The normalized spacial score (nSPS) is 15.2. The Morgan fingerprint density at radius 2 is 0.802 bits per heavy atom. The quantitative estimate of drug-likeness (QED) is 0.0862. The minimum Gasteiger partial charge on any atom is -0.453 e. The molecule has 2 heterocycles. The van der Waals surface area contributed by atoms with Crippen molar-refractivity contribution in [2.24, 2.45) is 0 Å². The number of benzene rings is 6. The van der Waals surface area contributed by atoms with E-state index >= 15 is 0 Å². The van der Waals surface area contributed by atoms with Crippen molar-refractivity contribution in [2.75, 3.05) is 80.7 Å². The molecular weight excluding hydrogens is 1150 g/mol. The van der Waals surface area contributed by atoms with E-state index in [2.05, 4.69) is 44.7 Å². The van der Waals surface area contributed by atoms with Gasteiger partial charge in [-0.15, -0.1) is 24.8 Å². The number of methoxy groups -OCH3 is 2. The first-order valence-corrected chi connectivity index (χ1v) is 27.9. The fourth-order valence-electron chi connectivity index (χ4n) is 10.7. The maximum absolute atomic E-state index is 13.1. The number of hydrogen-bond donors (Lipinski definition) is 2. The Bertz CT molecular complexity index is 2710. The Labute approximate surface area is 509 Å². The summed E-state index contributed by atoms with van der Waals surface area (Å²) in [5.41, 5.74) is 4.69. The average Bonchev–Trinajstić information content (AvgIpc) is 3.49. The van der Waals surface area contributed by atoms with E-state index in [-0.39, 0.29) is 53.9 Å². The lowest BCUT2D eigenvalue weighted by Crippen LogP contribution is -2.53. The highest BCUT2D eigenvalue weighted by Gasteiger charge is 2.39. The van der Waals surface area contributed by atoms with Crippen LogP contribution in [0.25, 0.3) is 0 Å². The van der Waals surface area contributed by atoms with Gasteiger partial charge in [-0.1, -0.05) is 156 Å². The highest BCUT2D eigenvalue weighted by atomic mass is 35.5. The third-order valence-corrected chi connectivity index (χ3v) is 16.7. The second-order valence-corrected chi connectivity index (χ2v) is 21.9. The largest absolute Gasteiger partial charge is 0.453 e. The topological polar surface area (TPSA) is 155 Å². The Morgan fingerprint density at radius 3 is 1.10 bits per heavy atom. The Kier molecular flexibility index (Phi) is 27.6. The number of nitrogens with zero attached hydrogens (tertiary/aromatic N) is 4. The van der Waals surface area contributed by atoms with Gasteiger partial charge in [0.15, 0.2) is 0 Å². The van der Waals surface area contributed by atoms with Crippen LogP contribution in [0.2, 0.25) is 20.1 Å². The van der Waals surface area contributed by atoms with E-state index in [1.165, 1.54) is 14.2 Å². The lowest BCUT2D eigenvalue weighted by atomic mass is 9.80. The summed E-state index contributed by atoms with van der Waals surface area (Å²) in [6, 6.07) is 50.3. The summed E-state index contributed by atoms with van der Waals surface area (Å²) >= 11 is 25.2. The molecule has 2 fully saturated rings. The maximum Gasteiger partial charge on any atom is 0.407 e. The number of amides is 4. The van der Waals surface area contributed by atoms with Gasteiger partial charge in [0.1, 0.15) is 0 Å². The third-order valence-electron chi connectivity index (χ3n) is 15.3. The van der Waals surface area contributed by atoms with Crippen molar-refractivity contribution in [3.8, 4) is 0 Å². The van der Waals surface area contributed by atoms with Gasteiger partial charge in [0.05, 0.1) is 45.4 Å². The van der Waals surface area contributed by atoms with Crippen molar-refractivity contribution in [1.29, 1.82) is 0 Å². The molecule has 0 bridgehead atoms. The zero-order valence-corrected chi connectivity index (χ0v) is 50.8. The van der Waals surface area contributed by atoms with Crippen molar-refractivity contribution in [3.63, 3.8) is 0 Å². The van der Waals surface area contributed by atoms with Crippen molar-refractivity contribution in [1.82, 2.24) is 30.2 Å². The molecule has 0 radical (unpaired) electrons. The van der Waals surface area contributed by atoms with E-state index in [0.29, 0.717) is 44.3 Å². The van der Waals surface area contributed by atoms with Crippen LogP contribution < -0.4 is 10.6 Å². The Hall–Kier alpha value is -5.58. The van der Waals surface area contributed by atoms with Crippen molar-refractivity contribution in [3.05, 3.63) is 211 Å². The molecule has 81 heavy (non-hydrogen) atoms. The van der Waals surface area contributed by atoms with Gasteiger partial charge in [0.2, 0.25) is 0 Å². The third kappa shape index (κ3) is 18.7. The van der Waals surface area contributed by atoms with Crippen LogP contribution >= 0.6 is 71.2 Å². The number of likely N-dealkylation sites (N-methyl/N-ethyl adjacent to an activating group) is 2. The Balaban J connectivity index is 0.000000336. The number of piperidine rings is 2. The number of hydrogen-bond acceptors (Lipinski definition) is 8. The van der Waals surface area contributed by atoms with Crippen LogP contribution in [0.15, 0.2) is 158 Å². The minimum absolute atomic E-state index is 0. The van der Waals surface area contributed by atoms with Gasteiger partial charge in [-0.3, -0.25) is 9.59 Å². The number of rotatable bonds is 18. The second-order valence-electron chi connectivity index (χ2n) is 20.2. The molecule has 19 heteroatoms. The second kappa shape index (κ2) is 32.9. The van der Waals surface area contributed by atoms with Crippen molar-refractivity contribution in [2.45, 2.75) is 61.4 Å². The van der Waals surface area contributed by atoms with E-state index in [4.69, 9.17) is 55.9 Å². The predicted octanol–water partition coefficient (Wildman–Crippen LogP) is 13.2. The highest BCUT2D eigenvalue weighted by molar-refractivity contribution is 6.42. The predicted molar refractivity (Wildman–Crippen MR) is 331 cm³/mol. The standard InChI is InChI=1S/2C31H35Cl2N3O3.2ClH.H2O/c2*1-35(29(37)23-9-5-3-6-10-23)22-25(24-13-14-27(32)28(33)21-24)15-18-36-19-16-31(17-20-36,34-30(38)39-2)26-11-7-4-8-12-26;;;/h2*3-14,21,25H,15-20,22H2,1-2H3,(H,34,38);2*1H;1H2. The number of carbonyl (C=O) groups is 4. The number of likely N-dealkylation sites (tertiary alicyclic amines) is 2. The molecule has 4 N–H and O–H groups in total. The van der Waals surface area contributed by atoms with Gasteiger partial charge < -0.3 is 45.2 Å². The first-order valence-electron chi connectivity index (χ1n) is 26.4. The zero-order chi connectivity index (χ0) is 55.7. The molecule has 0 aliphatic carbocycles. The number of ether oxygens (including phenoxy) is 2. The highest BCUT2D eigenvalue weighted by Crippen LogP contribution is 2.37. The van der Waals surface area contributed by atoms with E-state index < -0.39 is 23.3 Å². The van der Waals surface area contributed by atoms with Gasteiger partial charge in [-0.05, 0) is 122 Å². The Morgan fingerprint density at radius 1 is 0.494 bits per heavy atom. The summed E-state index contributed by atoms with van der Waals surface area (Å²) < 4.78 is 9.89. The number of carbonyl (C=O) groups excluding carboxylic acids is 4. The number of halogens is 6. The van der Waals surface area contributed by atoms with Gasteiger partial charge in [-0.25, -0.2) is 9.59 Å². The monoisotopic (exact) mass is 1220 g/mol. The van der Waals surface area contributed by atoms with Crippen LogP contribution in [0.5, 0.6) is 0 Å². The molecule has 0 spiro atoms.